The number of nitrogens with zero attached hydrogens (tertiary/aromatic N) is 1. The van der Waals surface area contributed by atoms with Gasteiger partial charge in [0.1, 0.15) is 6.10 Å². The Morgan fingerprint density at radius 3 is 1.89 bits per heavy atom. The van der Waals surface area contributed by atoms with Crippen molar-refractivity contribution in [2.24, 2.45) is 0 Å². The van der Waals surface area contributed by atoms with Crippen molar-refractivity contribution in [3.8, 4) is 0 Å². The van der Waals surface area contributed by atoms with E-state index in [1.54, 1.807) is 0 Å². The van der Waals surface area contributed by atoms with Crippen LogP contribution in [0.25, 0.3) is 0 Å². The van der Waals surface area contributed by atoms with Crippen LogP contribution >= 0.6 is 12.4 Å². The van der Waals surface area contributed by atoms with Crippen LogP contribution in [0.5, 0.6) is 0 Å². The Balaban J connectivity index is 0.00000364. The average molecular weight is 396 g/mol. The van der Waals surface area contributed by atoms with Crippen molar-refractivity contribution in [3.63, 3.8) is 0 Å². The van der Waals surface area contributed by atoms with E-state index >= 15 is 0 Å². The molecule has 1 heterocycles. The first-order valence-corrected chi connectivity index (χ1v) is 10.1. The molecule has 154 valence electrons. The molecule has 0 amide bonds. The van der Waals surface area contributed by atoms with Crippen molar-refractivity contribution >= 4 is 18.4 Å². The minimum atomic E-state index is -0.203. The molecule has 0 saturated carbocycles. The molecule has 0 spiro atoms. The normalized spacial score (nSPS) is 17.1. The summed E-state index contributed by atoms with van der Waals surface area (Å²) in [5.41, 5.74) is 3.03. The van der Waals surface area contributed by atoms with Crippen molar-refractivity contribution < 1.29 is 9.53 Å². The third-order valence-corrected chi connectivity index (χ3v) is 5.17. The summed E-state index contributed by atoms with van der Waals surface area (Å²) in [5, 5.41) is 0. The molecule has 2 rings (SSSR count). The maximum Gasteiger partial charge on any atom is 0.338 e. The quantitative estimate of drug-likeness (QED) is 0.609. The lowest BCUT2D eigenvalue weighted by molar-refractivity contribution is 0.0235. The summed E-state index contributed by atoms with van der Waals surface area (Å²) < 4.78 is 5.79. The lowest BCUT2D eigenvalue weighted by atomic mass is 9.79. The second kappa shape index (κ2) is 9.43. The van der Waals surface area contributed by atoms with Crippen LogP contribution < -0.4 is 0 Å². The SMILES string of the molecule is CC(CN1CCCCC1)OC(=O)c1cc(C(C)(C)C)cc(C(C)(C)C)c1.Cl. The molecule has 1 atom stereocenters. The van der Waals surface area contributed by atoms with Gasteiger partial charge >= 0.3 is 5.97 Å². The molecule has 4 heteroatoms. The van der Waals surface area contributed by atoms with Crippen LogP contribution in [0.3, 0.4) is 0 Å². The summed E-state index contributed by atoms with van der Waals surface area (Å²) in [6.45, 7) is 18.2. The van der Waals surface area contributed by atoms with E-state index in [-0.39, 0.29) is 35.3 Å². The summed E-state index contributed by atoms with van der Waals surface area (Å²) in [7, 11) is 0. The molecule has 0 radical (unpaired) electrons. The fraction of sp³-hybridized carbons (Fsp3) is 0.696. The van der Waals surface area contributed by atoms with Crippen molar-refractivity contribution in [1.82, 2.24) is 4.90 Å². The molecule has 0 N–H and O–H groups in total. The zero-order valence-corrected chi connectivity index (χ0v) is 19.0. The number of hydrogen-bond donors (Lipinski definition) is 0. The molecule has 1 aromatic rings. The summed E-state index contributed by atoms with van der Waals surface area (Å²) in [4.78, 5) is 15.2. The number of likely N-dealkylation sites (tertiary alicyclic amines) is 1. The molecule has 1 saturated heterocycles. The third kappa shape index (κ3) is 7.12. The Morgan fingerprint density at radius 1 is 0.963 bits per heavy atom. The molecular formula is C23H38ClNO2. The van der Waals surface area contributed by atoms with Gasteiger partial charge in [0.15, 0.2) is 0 Å². The molecule has 3 nitrogen and oxygen atoms in total. The predicted molar refractivity (Wildman–Crippen MR) is 116 cm³/mol. The number of benzene rings is 1. The number of ether oxygens (including phenoxy) is 1. The molecule has 1 unspecified atom stereocenters. The first-order chi connectivity index (χ1) is 12.0. The minimum Gasteiger partial charge on any atom is -0.458 e. The van der Waals surface area contributed by atoms with Crippen LogP contribution in [0, 0.1) is 0 Å². The van der Waals surface area contributed by atoms with Gasteiger partial charge < -0.3 is 4.74 Å². The van der Waals surface area contributed by atoms with Crippen LogP contribution in [0.15, 0.2) is 18.2 Å². The zero-order chi connectivity index (χ0) is 19.5. The van der Waals surface area contributed by atoms with E-state index in [1.165, 1.54) is 30.4 Å². The van der Waals surface area contributed by atoms with Crippen LogP contribution in [-0.2, 0) is 15.6 Å². The molecule has 0 aromatic heterocycles. The Labute approximate surface area is 172 Å². The Bertz CT molecular complexity index is 590. The fourth-order valence-electron chi connectivity index (χ4n) is 3.41. The predicted octanol–water partition coefficient (Wildman–Crippen LogP) is 5.73. The molecule has 0 bridgehead atoms. The standard InChI is InChI=1S/C23H37NO2.ClH/c1-17(16-24-11-9-8-10-12-24)26-21(25)18-13-19(22(2,3)4)15-20(14-18)23(5,6)7;/h13-15,17H,8-12,16H2,1-7H3;1H. The van der Waals surface area contributed by atoms with Gasteiger partial charge in [-0.2, -0.15) is 0 Å². The molecule has 0 aliphatic carbocycles. The number of carbonyl (C=O) groups is 1. The van der Waals surface area contributed by atoms with Gasteiger partial charge in [-0.25, -0.2) is 4.79 Å². The highest BCUT2D eigenvalue weighted by Crippen LogP contribution is 2.30. The van der Waals surface area contributed by atoms with Gasteiger partial charge in [-0.05, 0) is 66.9 Å². The molecule has 27 heavy (non-hydrogen) atoms. The first kappa shape index (κ1) is 24.0. The summed E-state index contributed by atoms with van der Waals surface area (Å²) in [6.07, 6.45) is 3.74. The Kier molecular flexibility index (Phi) is 8.37. The second-order valence-electron chi connectivity index (χ2n) is 9.88. The van der Waals surface area contributed by atoms with Gasteiger partial charge in [-0.15, -0.1) is 12.4 Å². The number of halogens is 1. The van der Waals surface area contributed by atoms with Crippen LogP contribution in [0.2, 0.25) is 0 Å². The van der Waals surface area contributed by atoms with E-state index in [2.05, 4.69) is 52.5 Å². The van der Waals surface area contributed by atoms with Crippen LogP contribution in [0.1, 0.15) is 89.2 Å². The summed E-state index contributed by atoms with van der Waals surface area (Å²) in [6, 6.07) is 6.24. The number of carbonyl (C=O) groups excluding carboxylic acids is 1. The summed E-state index contributed by atoms with van der Waals surface area (Å²) in [5.74, 6) is -0.203. The highest BCUT2D eigenvalue weighted by atomic mass is 35.5. The average Bonchev–Trinajstić information content (AvgIpc) is 2.53. The smallest absolute Gasteiger partial charge is 0.338 e. The zero-order valence-electron chi connectivity index (χ0n) is 18.2. The van der Waals surface area contributed by atoms with E-state index in [0.717, 1.165) is 19.6 Å². The van der Waals surface area contributed by atoms with Gasteiger partial charge in [0, 0.05) is 6.54 Å². The second-order valence-corrected chi connectivity index (χ2v) is 9.88. The highest BCUT2D eigenvalue weighted by molar-refractivity contribution is 5.90. The fourth-order valence-corrected chi connectivity index (χ4v) is 3.41. The molecule has 1 aliphatic rings. The van der Waals surface area contributed by atoms with E-state index < -0.39 is 0 Å². The largest absolute Gasteiger partial charge is 0.458 e. The maximum atomic E-state index is 12.8. The van der Waals surface area contributed by atoms with Gasteiger partial charge in [0.2, 0.25) is 0 Å². The third-order valence-electron chi connectivity index (χ3n) is 5.17. The maximum absolute atomic E-state index is 12.8. The topological polar surface area (TPSA) is 29.5 Å². The number of rotatable bonds is 4. The molecule has 1 aliphatic heterocycles. The molecule has 1 aromatic carbocycles. The Hall–Kier alpha value is -1.06. The minimum absolute atomic E-state index is 0. The number of esters is 1. The van der Waals surface area contributed by atoms with Gasteiger partial charge in [0.05, 0.1) is 5.56 Å². The van der Waals surface area contributed by atoms with Gasteiger partial charge in [0.25, 0.3) is 0 Å². The number of hydrogen-bond acceptors (Lipinski definition) is 3. The van der Waals surface area contributed by atoms with Crippen molar-refractivity contribution in [2.75, 3.05) is 19.6 Å². The van der Waals surface area contributed by atoms with Crippen molar-refractivity contribution in [3.05, 3.63) is 34.9 Å². The molecular weight excluding hydrogens is 358 g/mol. The van der Waals surface area contributed by atoms with Crippen LogP contribution in [0.4, 0.5) is 0 Å². The first-order valence-electron chi connectivity index (χ1n) is 10.1. The van der Waals surface area contributed by atoms with Gasteiger partial charge in [-0.1, -0.05) is 54.0 Å². The lowest BCUT2D eigenvalue weighted by Gasteiger charge is -2.29. The van der Waals surface area contributed by atoms with Gasteiger partial charge in [-0.3, -0.25) is 4.90 Å². The number of piperidine rings is 1. The summed E-state index contributed by atoms with van der Waals surface area (Å²) >= 11 is 0. The van der Waals surface area contributed by atoms with Crippen LogP contribution in [-0.4, -0.2) is 36.6 Å². The van der Waals surface area contributed by atoms with Crippen molar-refractivity contribution in [1.29, 1.82) is 0 Å². The van der Waals surface area contributed by atoms with E-state index in [1.807, 2.05) is 19.1 Å². The van der Waals surface area contributed by atoms with E-state index in [4.69, 9.17) is 4.74 Å². The monoisotopic (exact) mass is 395 g/mol. The lowest BCUT2D eigenvalue weighted by Crippen LogP contribution is -2.37. The van der Waals surface area contributed by atoms with E-state index in [9.17, 15) is 4.79 Å². The Morgan fingerprint density at radius 2 is 1.44 bits per heavy atom. The molecule has 1 fully saturated rings. The van der Waals surface area contributed by atoms with E-state index in [0.29, 0.717) is 5.56 Å². The van der Waals surface area contributed by atoms with Crippen molar-refractivity contribution in [2.45, 2.75) is 84.7 Å². The highest BCUT2D eigenvalue weighted by Gasteiger charge is 2.24.